The topological polar surface area (TPSA) is 12.0 Å². The van der Waals surface area contributed by atoms with E-state index in [4.69, 9.17) is 0 Å². The van der Waals surface area contributed by atoms with Crippen LogP contribution >= 0.6 is 11.3 Å². The van der Waals surface area contributed by atoms with Gasteiger partial charge in [0.25, 0.3) is 0 Å². The highest BCUT2D eigenvalue weighted by Crippen LogP contribution is 2.29. The van der Waals surface area contributed by atoms with Crippen molar-refractivity contribution in [2.45, 2.75) is 32.6 Å². The van der Waals surface area contributed by atoms with E-state index in [0.717, 1.165) is 17.7 Å². The van der Waals surface area contributed by atoms with Gasteiger partial charge in [0.05, 0.1) is 5.56 Å². The molecule has 0 bridgehead atoms. The lowest BCUT2D eigenvalue weighted by Gasteiger charge is -2.21. The molecular formula is C16H18F3NS. The standard InChI is InChI=1S/C16H18F3NS/c1-11(2)15(14-4-3-9-21-14)20-10-12-5-7-13(8-6-12)16(17,18)19/h3-9,11,15,20H,10H2,1-2H3. The molecule has 0 saturated carbocycles. The molecule has 1 aromatic carbocycles. The van der Waals surface area contributed by atoms with Gasteiger partial charge in [0.15, 0.2) is 0 Å². The van der Waals surface area contributed by atoms with Gasteiger partial charge < -0.3 is 5.32 Å². The van der Waals surface area contributed by atoms with E-state index in [9.17, 15) is 13.2 Å². The van der Waals surface area contributed by atoms with Crippen molar-refractivity contribution in [3.05, 3.63) is 57.8 Å². The Morgan fingerprint density at radius 3 is 2.24 bits per heavy atom. The fourth-order valence-electron chi connectivity index (χ4n) is 2.17. The summed E-state index contributed by atoms with van der Waals surface area (Å²) in [4.78, 5) is 1.25. The number of benzene rings is 1. The summed E-state index contributed by atoms with van der Waals surface area (Å²) in [5.41, 5.74) is 0.245. The highest BCUT2D eigenvalue weighted by atomic mass is 32.1. The fourth-order valence-corrected chi connectivity index (χ4v) is 3.15. The van der Waals surface area contributed by atoms with Crippen LogP contribution in [0.3, 0.4) is 0 Å². The molecule has 0 fully saturated rings. The zero-order chi connectivity index (χ0) is 15.5. The summed E-state index contributed by atoms with van der Waals surface area (Å²) in [5, 5.41) is 5.46. The van der Waals surface area contributed by atoms with Crippen molar-refractivity contribution in [2.24, 2.45) is 5.92 Å². The Balaban J connectivity index is 2.01. The van der Waals surface area contributed by atoms with Crippen LogP contribution in [0.5, 0.6) is 0 Å². The molecule has 1 heterocycles. The quantitative estimate of drug-likeness (QED) is 0.794. The molecule has 5 heteroatoms. The molecular weight excluding hydrogens is 295 g/mol. The van der Waals surface area contributed by atoms with Crippen LogP contribution in [-0.2, 0) is 12.7 Å². The summed E-state index contributed by atoms with van der Waals surface area (Å²) < 4.78 is 37.5. The molecule has 0 saturated heterocycles. The van der Waals surface area contributed by atoms with Gasteiger partial charge in [-0.15, -0.1) is 11.3 Å². The van der Waals surface area contributed by atoms with Gasteiger partial charge in [0.1, 0.15) is 0 Å². The molecule has 1 atom stereocenters. The molecule has 0 spiro atoms. The predicted molar refractivity (Wildman–Crippen MR) is 80.2 cm³/mol. The van der Waals surface area contributed by atoms with Gasteiger partial charge in [-0.1, -0.05) is 32.0 Å². The van der Waals surface area contributed by atoms with Crippen LogP contribution in [0.25, 0.3) is 0 Å². The zero-order valence-electron chi connectivity index (χ0n) is 11.9. The summed E-state index contributed by atoms with van der Waals surface area (Å²) in [5.74, 6) is 0.415. The van der Waals surface area contributed by atoms with Gasteiger partial charge in [0.2, 0.25) is 0 Å². The molecule has 0 aliphatic heterocycles. The monoisotopic (exact) mass is 313 g/mol. The van der Waals surface area contributed by atoms with E-state index in [0.29, 0.717) is 12.5 Å². The first-order chi connectivity index (χ1) is 9.88. The maximum atomic E-state index is 12.5. The molecule has 21 heavy (non-hydrogen) atoms. The molecule has 2 rings (SSSR count). The minimum atomic E-state index is -4.27. The first-order valence-corrected chi connectivity index (χ1v) is 7.69. The number of hydrogen-bond donors (Lipinski definition) is 1. The van der Waals surface area contributed by atoms with E-state index in [-0.39, 0.29) is 6.04 Å². The summed E-state index contributed by atoms with van der Waals surface area (Å²) in [6, 6.07) is 9.62. The maximum Gasteiger partial charge on any atom is 0.416 e. The summed E-state index contributed by atoms with van der Waals surface area (Å²) in [6.45, 7) is 4.81. The van der Waals surface area contributed by atoms with Crippen molar-refractivity contribution in [3.8, 4) is 0 Å². The second-order valence-electron chi connectivity index (χ2n) is 5.31. The molecule has 1 unspecified atom stereocenters. The van der Waals surface area contributed by atoms with Crippen LogP contribution in [0.15, 0.2) is 41.8 Å². The average molecular weight is 313 g/mol. The Hall–Kier alpha value is -1.33. The van der Waals surface area contributed by atoms with Crippen molar-refractivity contribution in [1.29, 1.82) is 0 Å². The van der Waals surface area contributed by atoms with Crippen LogP contribution in [0.2, 0.25) is 0 Å². The molecule has 114 valence electrons. The van der Waals surface area contributed by atoms with Gasteiger partial charge in [-0.2, -0.15) is 13.2 Å². The number of hydrogen-bond acceptors (Lipinski definition) is 2. The largest absolute Gasteiger partial charge is 0.416 e. The molecule has 0 amide bonds. The maximum absolute atomic E-state index is 12.5. The lowest BCUT2D eigenvalue weighted by atomic mass is 10.0. The van der Waals surface area contributed by atoms with E-state index in [1.54, 1.807) is 11.3 Å². The van der Waals surface area contributed by atoms with Crippen LogP contribution in [0.1, 0.15) is 35.9 Å². The molecule has 1 nitrogen and oxygen atoms in total. The van der Waals surface area contributed by atoms with Gasteiger partial charge in [-0.25, -0.2) is 0 Å². The van der Waals surface area contributed by atoms with Crippen molar-refractivity contribution >= 4 is 11.3 Å². The number of thiophene rings is 1. The minimum absolute atomic E-state index is 0.215. The second-order valence-corrected chi connectivity index (χ2v) is 6.29. The molecule has 1 N–H and O–H groups in total. The smallest absolute Gasteiger partial charge is 0.305 e. The number of halogens is 3. The van der Waals surface area contributed by atoms with Gasteiger partial charge in [-0.3, -0.25) is 0 Å². The number of rotatable bonds is 5. The van der Waals surface area contributed by atoms with Crippen LogP contribution in [-0.4, -0.2) is 0 Å². The third kappa shape index (κ3) is 4.32. The SMILES string of the molecule is CC(C)C(NCc1ccc(C(F)(F)F)cc1)c1cccs1. The Labute approximate surface area is 126 Å². The Kier molecular flexibility index (Phi) is 5.06. The van der Waals surface area contributed by atoms with Gasteiger partial charge in [0, 0.05) is 17.5 Å². The Morgan fingerprint density at radius 2 is 1.76 bits per heavy atom. The summed E-state index contributed by atoms with van der Waals surface area (Å²) >= 11 is 1.69. The van der Waals surface area contributed by atoms with Crippen LogP contribution in [0.4, 0.5) is 13.2 Å². The minimum Gasteiger partial charge on any atom is -0.305 e. The Bertz CT molecular complexity index is 544. The number of nitrogens with one attached hydrogen (secondary N) is 1. The van der Waals surface area contributed by atoms with Gasteiger partial charge >= 0.3 is 6.18 Å². The van der Waals surface area contributed by atoms with Crippen molar-refractivity contribution in [2.75, 3.05) is 0 Å². The van der Waals surface area contributed by atoms with Crippen molar-refractivity contribution in [1.82, 2.24) is 5.32 Å². The predicted octanol–water partition coefficient (Wildman–Crippen LogP) is 5.25. The van der Waals surface area contributed by atoms with Gasteiger partial charge in [-0.05, 0) is 35.1 Å². The molecule has 0 aliphatic carbocycles. The second kappa shape index (κ2) is 6.62. The molecule has 2 aromatic rings. The Morgan fingerprint density at radius 1 is 1.10 bits per heavy atom. The van der Waals surface area contributed by atoms with Crippen molar-refractivity contribution < 1.29 is 13.2 Å². The molecule has 0 aliphatic rings. The third-order valence-corrected chi connectivity index (χ3v) is 4.28. The zero-order valence-corrected chi connectivity index (χ0v) is 12.8. The first-order valence-electron chi connectivity index (χ1n) is 6.81. The fraction of sp³-hybridized carbons (Fsp3) is 0.375. The van der Waals surface area contributed by atoms with E-state index in [1.165, 1.54) is 17.0 Å². The highest BCUT2D eigenvalue weighted by molar-refractivity contribution is 7.10. The van der Waals surface area contributed by atoms with Crippen LogP contribution in [0, 0.1) is 5.92 Å². The normalized spacial score (nSPS) is 13.6. The lowest BCUT2D eigenvalue weighted by Crippen LogP contribution is -2.24. The third-order valence-electron chi connectivity index (χ3n) is 3.32. The molecule has 1 aromatic heterocycles. The van der Waals surface area contributed by atoms with Crippen molar-refractivity contribution in [3.63, 3.8) is 0 Å². The molecule has 0 radical (unpaired) electrons. The van der Waals surface area contributed by atoms with E-state index in [2.05, 4.69) is 25.2 Å². The van der Waals surface area contributed by atoms with E-state index < -0.39 is 11.7 Å². The first kappa shape index (κ1) is 16.0. The number of alkyl halides is 3. The highest BCUT2D eigenvalue weighted by Gasteiger charge is 2.29. The van der Waals surface area contributed by atoms with Crippen LogP contribution < -0.4 is 5.32 Å². The summed E-state index contributed by atoms with van der Waals surface area (Å²) in [6.07, 6.45) is -4.27. The summed E-state index contributed by atoms with van der Waals surface area (Å²) in [7, 11) is 0. The lowest BCUT2D eigenvalue weighted by molar-refractivity contribution is -0.137. The van der Waals surface area contributed by atoms with E-state index in [1.807, 2.05) is 11.4 Å². The van der Waals surface area contributed by atoms with E-state index >= 15 is 0 Å². The average Bonchev–Trinajstić information content (AvgIpc) is 2.92.